The van der Waals surface area contributed by atoms with Gasteiger partial charge in [-0.2, -0.15) is 5.10 Å². The van der Waals surface area contributed by atoms with Crippen molar-refractivity contribution in [3.05, 3.63) is 15.9 Å². The fourth-order valence-electron chi connectivity index (χ4n) is 2.14. The number of halogens is 1. The van der Waals surface area contributed by atoms with Gasteiger partial charge in [-0.1, -0.05) is 0 Å². The molecule has 1 saturated heterocycles. The predicted octanol–water partition coefficient (Wildman–Crippen LogP) is 0.981. The van der Waals surface area contributed by atoms with E-state index in [4.69, 9.17) is 4.74 Å². The van der Waals surface area contributed by atoms with Crippen molar-refractivity contribution in [2.24, 2.45) is 7.05 Å². The Balaban J connectivity index is 1.94. The molecule has 0 saturated carbocycles. The van der Waals surface area contributed by atoms with Crippen molar-refractivity contribution < 1.29 is 9.53 Å². The Bertz CT molecular complexity index is 439. The number of nitrogens with one attached hydrogen (secondary N) is 1. The van der Waals surface area contributed by atoms with E-state index in [1.54, 1.807) is 4.68 Å². The zero-order valence-electron chi connectivity index (χ0n) is 10.7. The van der Waals surface area contributed by atoms with E-state index in [1.807, 2.05) is 14.0 Å². The van der Waals surface area contributed by atoms with Gasteiger partial charge < -0.3 is 10.1 Å². The van der Waals surface area contributed by atoms with E-state index >= 15 is 0 Å². The number of Topliss-reactive ketones (excluding diaryl/α,β-unsaturated/α-hetero) is 1. The molecule has 18 heavy (non-hydrogen) atoms. The van der Waals surface area contributed by atoms with Crippen LogP contribution in [-0.2, 0) is 23.0 Å². The van der Waals surface area contributed by atoms with Crippen LogP contribution in [0.3, 0.4) is 0 Å². The van der Waals surface area contributed by atoms with Crippen LogP contribution < -0.4 is 5.32 Å². The summed E-state index contributed by atoms with van der Waals surface area (Å²) in [6.07, 6.45) is 0.876. The molecular formula is C12H18BrN3O2. The number of carbonyl (C=O) groups is 1. The summed E-state index contributed by atoms with van der Waals surface area (Å²) in [6, 6.07) is 0. The summed E-state index contributed by atoms with van der Waals surface area (Å²) in [5.41, 5.74) is 1.84. The van der Waals surface area contributed by atoms with Gasteiger partial charge >= 0.3 is 0 Å². The lowest BCUT2D eigenvalue weighted by Gasteiger charge is -2.22. The largest absolute Gasteiger partial charge is 0.375 e. The average molecular weight is 316 g/mol. The molecule has 1 aliphatic rings. The predicted molar refractivity (Wildman–Crippen MR) is 71.6 cm³/mol. The molecule has 1 aliphatic heterocycles. The number of aromatic nitrogens is 2. The van der Waals surface area contributed by atoms with Gasteiger partial charge in [-0.05, 0) is 22.9 Å². The molecule has 1 N–H and O–H groups in total. The fourth-order valence-corrected chi connectivity index (χ4v) is 2.61. The Morgan fingerprint density at radius 1 is 1.67 bits per heavy atom. The van der Waals surface area contributed by atoms with Crippen LogP contribution in [-0.4, -0.2) is 41.4 Å². The maximum atomic E-state index is 12.0. The van der Waals surface area contributed by atoms with E-state index in [-0.39, 0.29) is 11.9 Å². The maximum Gasteiger partial charge on any atom is 0.141 e. The molecule has 6 heteroatoms. The van der Waals surface area contributed by atoms with E-state index in [2.05, 4.69) is 26.3 Å². The highest BCUT2D eigenvalue weighted by atomic mass is 79.9. The Kier molecular flexibility index (Phi) is 4.53. The molecule has 1 aromatic heterocycles. The summed E-state index contributed by atoms with van der Waals surface area (Å²) in [6.45, 7) is 4.24. The van der Waals surface area contributed by atoms with Crippen LogP contribution in [0.15, 0.2) is 4.47 Å². The SMILES string of the molecule is Cc1nn(C)c(CC(=O)CC2CNCCO2)c1Br. The highest BCUT2D eigenvalue weighted by molar-refractivity contribution is 9.10. The van der Waals surface area contributed by atoms with Crippen LogP contribution >= 0.6 is 15.9 Å². The number of nitrogens with zero attached hydrogens (tertiary/aromatic N) is 2. The Morgan fingerprint density at radius 2 is 2.44 bits per heavy atom. The molecule has 5 nitrogen and oxygen atoms in total. The first-order valence-corrected chi connectivity index (χ1v) is 6.89. The molecule has 0 radical (unpaired) electrons. The monoisotopic (exact) mass is 315 g/mol. The molecule has 0 spiro atoms. The first-order chi connectivity index (χ1) is 8.58. The van der Waals surface area contributed by atoms with Gasteiger partial charge in [-0.15, -0.1) is 0 Å². The molecule has 0 bridgehead atoms. The Labute approximate surface area is 115 Å². The van der Waals surface area contributed by atoms with Gasteiger partial charge in [0.15, 0.2) is 0 Å². The summed E-state index contributed by atoms with van der Waals surface area (Å²) < 4.78 is 8.23. The Hall–Kier alpha value is -0.720. The number of rotatable bonds is 4. The third-order valence-corrected chi connectivity index (χ3v) is 4.12. The highest BCUT2D eigenvalue weighted by Crippen LogP contribution is 2.21. The van der Waals surface area contributed by atoms with Crippen LogP contribution in [0, 0.1) is 6.92 Å². The summed E-state index contributed by atoms with van der Waals surface area (Å²) in [5.74, 6) is 0.187. The molecular weight excluding hydrogens is 298 g/mol. The van der Waals surface area contributed by atoms with Crippen LogP contribution in [0.25, 0.3) is 0 Å². The zero-order chi connectivity index (χ0) is 13.1. The number of hydrogen-bond acceptors (Lipinski definition) is 4. The molecule has 1 unspecified atom stereocenters. The lowest BCUT2D eigenvalue weighted by molar-refractivity contribution is -0.121. The zero-order valence-corrected chi connectivity index (χ0v) is 12.3. The second kappa shape index (κ2) is 5.95. The smallest absolute Gasteiger partial charge is 0.141 e. The van der Waals surface area contributed by atoms with Gasteiger partial charge in [0, 0.05) is 33.0 Å². The third kappa shape index (κ3) is 3.18. The van der Waals surface area contributed by atoms with Gasteiger partial charge in [-0.25, -0.2) is 0 Å². The molecule has 2 heterocycles. The van der Waals surface area contributed by atoms with Crippen molar-refractivity contribution >= 4 is 21.7 Å². The molecule has 1 aromatic rings. The van der Waals surface area contributed by atoms with E-state index in [0.717, 1.165) is 29.0 Å². The van der Waals surface area contributed by atoms with E-state index in [0.29, 0.717) is 19.4 Å². The summed E-state index contributed by atoms with van der Waals surface area (Å²) >= 11 is 3.48. The molecule has 1 fully saturated rings. The second-order valence-electron chi connectivity index (χ2n) is 4.59. The second-order valence-corrected chi connectivity index (χ2v) is 5.38. The van der Waals surface area contributed by atoms with Gasteiger partial charge in [0.2, 0.25) is 0 Å². The minimum Gasteiger partial charge on any atom is -0.375 e. The van der Waals surface area contributed by atoms with Crippen molar-refractivity contribution in [1.82, 2.24) is 15.1 Å². The topological polar surface area (TPSA) is 56.2 Å². The van der Waals surface area contributed by atoms with Gasteiger partial charge in [0.25, 0.3) is 0 Å². The van der Waals surface area contributed by atoms with E-state index in [9.17, 15) is 4.79 Å². The standard InChI is InChI=1S/C12H18BrN3O2/c1-8-12(13)11(16(2)15-8)6-9(17)5-10-7-14-3-4-18-10/h10,14H,3-7H2,1-2H3. The van der Waals surface area contributed by atoms with Crippen LogP contribution in [0.2, 0.25) is 0 Å². The molecule has 0 amide bonds. The lowest BCUT2D eigenvalue weighted by atomic mass is 10.1. The third-order valence-electron chi connectivity index (χ3n) is 3.09. The van der Waals surface area contributed by atoms with Crippen LogP contribution in [0.4, 0.5) is 0 Å². The average Bonchev–Trinajstić information content (AvgIpc) is 2.57. The van der Waals surface area contributed by atoms with Crippen molar-refractivity contribution in [2.75, 3.05) is 19.7 Å². The molecule has 0 aliphatic carbocycles. The van der Waals surface area contributed by atoms with Crippen molar-refractivity contribution in [2.45, 2.75) is 25.9 Å². The number of ketones is 1. The number of ether oxygens (including phenoxy) is 1. The van der Waals surface area contributed by atoms with Crippen molar-refractivity contribution in [3.63, 3.8) is 0 Å². The number of hydrogen-bond donors (Lipinski definition) is 1. The quantitative estimate of drug-likeness (QED) is 0.900. The summed E-state index contributed by atoms with van der Waals surface area (Å²) in [4.78, 5) is 12.0. The molecule has 1 atom stereocenters. The minimum absolute atomic E-state index is 0.0133. The number of carbonyl (C=O) groups excluding carboxylic acids is 1. The minimum atomic E-state index is 0.0133. The van der Waals surface area contributed by atoms with Crippen LogP contribution in [0.5, 0.6) is 0 Å². The molecule has 2 rings (SSSR count). The van der Waals surface area contributed by atoms with E-state index in [1.165, 1.54) is 0 Å². The lowest BCUT2D eigenvalue weighted by Crippen LogP contribution is -2.39. The molecule has 0 aromatic carbocycles. The summed E-state index contributed by atoms with van der Waals surface area (Å²) in [5, 5.41) is 7.51. The summed E-state index contributed by atoms with van der Waals surface area (Å²) in [7, 11) is 1.86. The molecule has 100 valence electrons. The van der Waals surface area contributed by atoms with Crippen LogP contribution in [0.1, 0.15) is 17.8 Å². The van der Waals surface area contributed by atoms with Crippen molar-refractivity contribution in [3.8, 4) is 0 Å². The van der Waals surface area contributed by atoms with Crippen molar-refractivity contribution in [1.29, 1.82) is 0 Å². The van der Waals surface area contributed by atoms with Gasteiger partial charge in [0.05, 0.1) is 28.6 Å². The maximum absolute atomic E-state index is 12.0. The highest BCUT2D eigenvalue weighted by Gasteiger charge is 2.20. The van der Waals surface area contributed by atoms with Gasteiger partial charge in [-0.3, -0.25) is 9.48 Å². The number of morpholine rings is 1. The van der Waals surface area contributed by atoms with E-state index < -0.39 is 0 Å². The first kappa shape index (κ1) is 13.7. The number of aryl methyl sites for hydroxylation is 2. The normalized spacial score (nSPS) is 20.1. The van der Waals surface area contributed by atoms with Gasteiger partial charge in [0.1, 0.15) is 5.78 Å². The first-order valence-electron chi connectivity index (χ1n) is 6.10. The fraction of sp³-hybridized carbons (Fsp3) is 0.667. The Morgan fingerprint density at radius 3 is 3.00 bits per heavy atom.